The van der Waals surface area contributed by atoms with Gasteiger partial charge in [0.2, 0.25) is 11.8 Å². The zero-order valence-corrected chi connectivity index (χ0v) is 24.7. The number of ether oxygens (including phenoxy) is 1. The molecule has 0 saturated heterocycles. The maximum absolute atomic E-state index is 13.8. The zero-order valence-electron chi connectivity index (χ0n) is 24.7. The summed E-state index contributed by atoms with van der Waals surface area (Å²) in [7, 11) is 1.68. The van der Waals surface area contributed by atoms with Crippen molar-refractivity contribution in [1.82, 2.24) is 14.4 Å². The molecule has 2 rings (SSSR count). The van der Waals surface area contributed by atoms with Gasteiger partial charge in [0.25, 0.3) is 0 Å². The summed E-state index contributed by atoms with van der Waals surface area (Å²) in [6.07, 6.45) is 9.87. The van der Waals surface area contributed by atoms with E-state index in [-0.39, 0.29) is 30.3 Å². The first-order valence-corrected chi connectivity index (χ1v) is 14.7. The van der Waals surface area contributed by atoms with E-state index < -0.39 is 0 Å². The van der Waals surface area contributed by atoms with Crippen LogP contribution in [0.3, 0.4) is 0 Å². The molecule has 38 heavy (non-hydrogen) atoms. The molecule has 0 aliphatic carbocycles. The number of aromatic nitrogens is 1. The van der Waals surface area contributed by atoms with E-state index in [2.05, 4.69) is 57.5 Å². The fourth-order valence-electron chi connectivity index (χ4n) is 4.88. The minimum atomic E-state index is 0.00141. The minimum Gasteiger partial charge on any atom is -0.497 e. The molecule has 1 heterocycles. The third kappa shape index (κ3) is 9.52. The summed E-state index contributed by atoms with van der Waals surface area (Å²) in [5.41, 5.74) is 2.23. The second kappa shape index (κ2) is 17.0. The van der Waals surface area contributed by atoms with Crippen molar-refractivity contribution in [3.05, 3.63) is 53.9 Å². The maximum atomic E-state index is 13.8. The molecule has 2 amide bonds. The average Bonchev–Trinajstić information content (AvgIpc) is 3.37. The van der Waals surface area contributed by atoms with Gasteiger partial charge in [0, 0.05) is 36.9 Å². The molecule has 0 bridgehead atoms. The standard InChI is InChI=1S/C32H51N3O3/c1-7-11-13-20-34(32(37)28(10-4)17-12-8-2)25-31(36)35(26(5)9-3)24-29-18-15-21-33(29)23-27-16-14-19-30(22-27)38-6/h14-16,18-19,21-22,26,28H,7-13,17,20,23-25H2,1-6H3. The molecule has 0 radical (unpaired) electrons. The van der Waals surface area contributed by atoms with Crippen molar-refractivity contribution < 1.29 is 14.3 Å². The Morgan fingerprint density at radius 3 is 2.39 bits per heavy atom. The predicted molar refractivity (Wildman–Crippen MR) is 156 cm³/mol. The molecule has 1 aromatic carbocycles. The fraction of sp³-hybridized carbons (Fsp3) is 0.625. The molecule has 0 fully saturated rings. The van der Waals surface area contributed by atoms with Crippen LogP contribution < -0.4 is 4.74 Å². The van der Waals surface area contributed by atoms with Crippen LogP contribution in [0, 0.1) is 5.92 Å². The number of carbonyl (C=O) groups excluding carboxylic acids is 2. The SMILES string of the molecule is CCCCCN(CC(=O)N(Cc1cccn1Cc1cccc(OC)c1)C(C)CC)C(=O)C(CC)CCCC. The molecular weight excluding hydrogens is 474 g/mol. The van der Waals surface area contributed by atoms with Gasteiger partial charge in [0.15, 0.2) is 0 Å². The van der Waals surface area contributed by atoms with Crippen LogP contribution >= 0.6 is 0 Å². The molecule has 0 N–H and O–H groups in total. The lowest BCUT2D eigenvalue weighted by atomic mass is 9.97. The first kappa shape index (κ1) is 31.5. The molecule has 0 aliphatic heterocycles. The number of unbranched alkanes of at least 4 members (excludes halogenated alkanes) is 3. The molecule has 2 atom stereocenters. The molecular formula is C32H51N3O3. The Morgan fingerprint density at radius 2 is 1.74 bits per heavy atom. The Hall–Kier alpha value is -2.76. The molecule has 2 aromatic rings. The summed E-state index contributed by atoms with van der Waals surface area (Å²) < 4.78 is 7.58. The summed E-state index contributed by atoms with van der Waals surface area (Å²) in [5, 5.41) is 0. The first-order valence-electron chi connectivity index (χ1n) is 14.7. The number of amides is 2. The second-order valence-corrected chi connectivity index (χ2v) is 10.5. The lowest BCUT2D eigenvalue weighted by Crippen LogP contribution is -2.47. The van der Waals surface area contributed by atoms with Gasteiger partial charge in [-0.05, 0) is 62.4 Å². The van der Waals surface area contributed by atoms with E-state index in [9.17, 15) is 9.59 Å². The van der Waals surface area contributed by atoms with Crippen LogP contribution in [0.4, 0.5) is 0 Å². The van der Waals surface area contributed by atoms with Gasteiger partial charge in [0.05, 0.1) is 20.2 Å². The van der Waals surface area contributed by atoms with E-state index >= 15 is 0 Å². The van der Waals surface area contributed by atoms with Gasteiger partial charge in [-0.3, -0.25) is 9.59 Å². The van der Waals surface area contributed by atoms with Crippen LogP contribution in [-0.2, 0) is 22.7 Å². The Kier molecular flexibility index (Phi) is 14.0. The van der Waals surface area contributed by atoms with Gasteiger partial charge in [-0.25, -0.2) is 0 Å². The van der Waals surface area contributed by atoms with E-state index in [4.69, 9.17) is 4.74 Å². The average molecular weight is 526 g/mol. The number of methoxy groups -OCH3 is 1. The van der Waals surface area contributed by atoms with Crippen molar-refractivity contribution in [2.75, 3.05) is 20.2 Å². The number of carbonyl (C=O) groups is 2. The molecule has 2 unspecified atom stereocenters. The molecule has 212 valence electrons. The third-order valence-corrected chi connectivity index (χ3v) is 7.60. The fourth-order valence-corrected chi connectivity index (χ4v) is 4.88. The van der Waals surface area contributed by atoms with Gasteiger partial charge in [0.1, 0.15) is 5.75 Å². The monoisotopic (exact) mass is 525 g/mol. The van der Waals surface area contributed by atoms with Crippen LogP contribution in [0.15, 0.2) is 42.6 Å². The minimum absolute atomic E-state index is 0.00141. The highest BCUT2D eigenvalue weighted by atomic mass is 16.5. The maximum Gasteiger partial charge on any atom is 0.242 e. The van der Waals surface area contributed by atoms with Crippen molar-refractivity contribution in [1.29, 1.82) is 0 Å². The first-order chi connectivity index (χ1) is 18.4. The summed E-state index contributed by atoms with van der Waals surface area (Å²) in [4.78, 5) is 31.2. The van der Waals surface area contributed by atoms with Crippen LogP contribution in [0.2, 0.25) is 0 Å². The van der Waals surface area contributed by atoms with E-state index in [1.165, 1.54) is 0 Å². The van der Waals surface area contributed by atoms with Gasteiger partial charge in [-0.1, -0.05) is 65.5 Å². The Morgan fingerprint density at radius 1 is 0.974 bits per heavy atom. The summed E-state index contributed by atoms with van der Waals surface area (Å²) in [6, 6.07) is 12.3. The summed E-state index contributed by atoms with van der Waals surface area (Å²) in [6.45, 7) is 12.7. The van der Waals surface area contributed by atoms with Gasteiger partial charge in [-0.2, -0.15) is 0 Å². The van der Waals surface area contributed by atoms with Crippen molar-refractivity contribution in [2.24, 2.45) is 5.92 Å². The van der Waals surface area contributed by atoms with Crippen LogP contribution in [0.5, 0.6) is 5.75 Å². The number of benzene rings is 1. The Bertz CT molecular complexity index is 970. The third-order valence-electron chi connectivity index (χ3n) is 7.60. The van der Waals surface area contributed by atoms with Crippen molar-refractivity contribution in [2.45, 2.75) is 105 Å². The van der Waals surface area contributed by atoms with Gasteiger partial charge in [-0.15, -0.1) is 0 Å². The van der Waals surface area contributed by atoms with Gasteiger partial charge < -0.3 is 19.1 Å². The molecule has 0 spiro atoms. The predicted octanol–water partition coefficient (Wildman–Crippen LogP) is 6.91. The van der Waals surface area contributed by atoms with E-state index in [0.29, 0.717) is 19.6 Å². The van der Waals surface area contributed by atoms with Crippen molar-refractivity contribution in [3.8, 4) is 5.75 Å². The second-order valence-electron chi connectivity index (χ2n) is 10.5. The molecule has 1 aromatic heterocycles. The lowest BCUT2D eigenvalue weighted by molar-refractivity contribution is -0.144. The number of hydrogen-bond acceptors (Lipinski definition) is 3. The largest absolute Gasteiger partial charge is 0.497 e. The van der Waals surface area contributed by atoms with Crippen LogP contribution in [-0.4, -0.2) is 52.4 Å². The van der Waals surface area contributed by atoms with E-state index in [1.807, 2.05) is 34.1 Å². The lowest BCUT2D eigenvalue weighted by Gasteiger charge is -2.33. The summed E-state index contributed by atoms with van der Waals surface area (Å²) in [5.74, 6) is 1.02. The number of rotatable bonds is 18. The number of nitrogens with zero attached hydrogens (tertiary/aromatic N) is 3. The van der Waals surface area contributed by atoms with E-state index in [0.717, 1.165) is 68.4 Å². The van der Waals surface area contributed by atoms with E-state index in [1.54, 1.807) is 7.11 Å². The smallest absolute Gasteiger partial charge is 0.242 e. The molecule has 6 heteroatoms. The highest BCUT2D eigenvalue weighted by molar-refractivity contribution is 5.86. The highest BCUT2D eigenvalue weighted by Crippen LogP contribution is 2.20. The summed E-state index contributed by atoms with van der Waals surface area (Å²) >= 11 is 0. The van der Waals surface area contributed by atoms with Crippen molar-refractivity contribution in [3.63, 3.8) is 0 Å². The molecule has 0 aliphatic rings. The van der Waals surface area contributed by atoms with Crippen LogP contribution in [0.1, 0.15) is 97.2 Å². The number of hydrogen-bond donors (Lipinski definition) is 0. The molecule has 6 nitrogen and oxygen atoms in total. The van der Waals surface area contributed by atoms with Crippen LogP contribution in [0.25, 0.3) is 0 Å². The Labute approximate surface area is 231 Å². The normalized spacial score (nSPS) is 12.7. The van der Waals surface area contributed by atoms with Gasteiger partial charge >= 0.3 is 0 Å². The van der Waals surface area contributed by atoms with Crippen molar-refractivity contribution >= 4 is 11.8 Å². The Balaban J connectivity index is 2.21. The topological polar surface area (TPSA) is 54.8 Å². The highest BCUT2D eigenvalue weighted by Gasteiger charge is 2.28. The zero-order chi connectivity index (χ0) is 27.9. The molecule has 0 saturated carbocycles. The quantitative estimate of drug-likeness (QED) is 0.199.